The first kappa shape index (κ1) is 24.3. The van der Waals surface area contributed by atoms with Crippen LogP contribution in [-0.2, 0) is 23.8 Å². The molecule has 1 aromatic rings. The summed E-state index contributed by atoms with van der Waals surface area (Å²) in [4.78, 5) is 0.103. The molecule has 6 nitrogen and oxygen atoms in total. The van der Waals surface area contributed by atoms with Crippen molar-refractivity contribution in [1.82, 2.24) is 0 Å². The minimum absolute atomic E-state index is 0.103. The average molecular weight is 429 g/mol. The Bertz CT molecular complexity index is 699. The first-order valence-corrected chi connectivity index (χ1v) is 12.1. The third-order valence-electron chi connectivity index (χ3n) is 5.31. The zero-order valence-corrected chi connectivity index (χ0v) is 18.7. The van der Waals surface area contributed by atoms with Crippen molar-refractivity contribution in [3.8, 4) is 0 Å². The molecule has 3 unspecified atom stereocenters. The van der Waals surface area contributed by atoms with E-state index in [1.165, 1.54) is 25.0 Å². The van der Waals surface area contributed by atoms with Gasteiger partial charge >= 0.3 is 0 Å². The van der Waals surface area contributed by atoms with Crippen LogP contribution in [0.4, 0.5) is 0 Å². The number of aliphatic hydroxyl groups is 1. The predicted molar refractivity (Wildman–Crippen MR) is 112 cm³/mol. The van der Waals surface area contributed by atoms with Crippen molar-refractivity contribution < 1.29 is 27.2 Å². The van der Waals surface area contributed by atoms with Gasteiger partial charge < -0.3 is 14.6 Å². The van der Waals surface area contributed by atoms with E-state index in [0.29, 0.717) is 32.5 Å². The first-order valence-electron chi connectivity index (χ1n) is 10.7. The Morgan fingerprint density at radius 2 is 1.72 bits per heavy atom. The number of hydrogen-bond acceptors (Lipinski definition) is 6. The fourth-order valence-electron chi connectivity index (χ4n) is 3.49. The molecule has 1 fully saturated rings. The zero-order chi connectivity index (χ0) is 21.3. The number of aryl methyl sites for hydroxylation is 1. The second kappa shape index (κ2) is 11.4. The summed E-state index contributed by atoms with van der Waals surface area (Å²) in [6, 6.07) is 6.52. The number of benzene rings is 1. The number of unbranched alkanes of at least 4 members (excludes halogenated alkanes) is 3. The lowest BCUT2D eigenvalue weighted by atomic mass is 9.91. The van der Waals surface area contributed by atoms with Crippen molar-refractivity contribution in [2.45, 2.75) is 95.0 Å². The van der Waals surface area contributed by atoms with E-state index in [0.717, 1.165) is 24.8 Å². The fourth-order valence-corrected chi connectivity index (χ4v) is 4.50. The second-order valence-corrected chi connectivity index (χ2v) is 9.78. The van der Waals surface area contributed by atoms with Crippen LogP contribution in [0.3, 0.4) is 0 Å². The first-order chi connectivity index (χ1) is 13.7. The van der Waals surface area contributed by atoms with Gasteiger partial charge in [-0.15, -0.1) is 0 Å². The minimum Gasteiger partial charge on any atom is -0.390 e. The van der Waals surface area contributed by atoms with E-state index in [-0.39, 0.29) is 4.90 Å². The van der Waals surface area contributed by atoms with E-state index in [1.54, 1.807) is 12.1 Å². The van der Waals surface area contributed by atoms with Crippen LogP contribution in [0.25, 0.3) is 0 Å². The average Bonchev–Trinajstić information content (AvgIpc) is 2.67. The molecule has 29 heavy (non-hydrogen) atoms. The van der Waals surface area contributed by atoms with Gasteiger partial charge in [0, 0.05) is 0 Å². The molecule has 3 atom stereocenters. The van der Waals surface area contributed by atoms with Gasteiger partial charge in [-0.25, -0.2) is 4.18 Å². The molecule has 0 aliphatic carbocycles. The molecule has 166 valence electrons. The molecule has 0 spiro atoms. The molecule has 1 aliphatic heterocycles. The molecule has 1 saturated heterocycles. The van der Waals surface area contributed by atoms with Gasteiger partial charge in [0.15, 0.2) is 0 Å². The molecule has 0 amide bonds. The quantitative estimate of drug-likeness (QED) is 0.394. The van der Waals surface area contributed by atoms with Crippen LogP contribution in [0.1, 0.15) is 70.8 Å². The molecule has 1 aromatic carbocycles. The largest absolute Gasteiger partial charge is 0.390 e. The van der Waals surface area contributed by atoms with Crippen LogP contribution in [-0.4, -0.2) is 44.7 Å². The number of hydrogen-bond donors (Lipinski definition) is 1. The van der Waals surface area contributed by atoms with Crippen LogP contribution >= 0.6 is 0 Å². The van der Waals surface area contributed by atoms with Gasteiger partial charge in [-0.1, -0.05) is 50.3 Å². The molecule has 0 saturated carbocycles. The molecule has 0 aromatic heterocycles. The summed E-state index contributed by atoms with van der Waals surface area (Å²) in [5.74, 6) is 0. The van der Waals surface area contributed by atoms with Gasteiger partial charge in [0.05, 0.1) is 23.7 Å². The minimum atomic E-state index is -3.93. The summed E-state index contributed by atoms with van der Waals surface area (Å²) in [5.41, 5.74) is 0.258. The van der Waals surface area contributed by atoms with Crippen LogP contribution in [0.2, 0.25) is 0 Å². The lowest BCUT2D eigenvalue weighted by molar-refractivity contribution is -0.213. The van der Waals surface area contributed by atoms with Crippen molar-refractivity contribution in [3.63, 3.8) is 0 Å². The standard InChI is InChI=1S/C22H36O6S/c1-4-5-6-7-14-22(3,23)15-8-9-20-21(27-17-16-26-20)28-29(24,25)19-12-10-18(2)11-13-19/h10-13,20-21,23H,4-9,14-17H2,1-3H3. The van der Waals surface area contributed by atoms with Crippen molar-refractivity contribution in [1.29, 1.82) is 0 Å². The molecule has 0 radical (unpaired) electrons. The van der Waals surface area contributed by atoms with E-state index in [2.05, 4.69) is 6.92 Å². The van der Waals surface area contributed by atoms with E-state index in [1.807, 2.05) is 13.8 Å². The Hall–Kier alpha value is -0.990. The summed E-state index contributed by atoms with van der Waals surface area (Å²) < 4.78 is 41.8. The van der Waals surface area contributed by atoms with Crippen LogP contribution in [0, 0.1) is 6.92 Å². The molecule has 2 rings (SSSR count). The maximum absolute atomic E-state index is 12.6. The number of rotatable bonds is 12. The lowest BCUT2D eigenvalue weighted by Gasteiger charge is -2.32. The third kappa shape index (κ3) is 8.34. The Kier molecular flexibility index (Phi) is 9.56. The van der Waals surface area contributed by atoms with Gasteiger partial charge in [0.2, 0.25) is 6.29 Å². The van der Waals surface area contributed by atoms with Gasteiger partial charge in [0.25, 0.3) is 10.1 Å². The van der Waals surface area contributed by atoms with Crippen molar-refractivity contribution in [3.05, 3.63) is 29.8 Å². The summed E-state index contributed by atoms with van der Waals surface area (Å²) >= 11 is 0. The predicted octanol–water partition coefficient (Wildman–Crippen LogP) is 4.33. The van der Waals surface area contributed by atoms with E-state index in [4.69, 9.17) is 13.7 Å². The summed E-state index contributed by atoms with van der Waals surface area (Å²) in [7, 11) is -3.93. The normalized spacial score (nSPS) is 22.3. The monoisotopic (exact) mass is 428 g/mol. The van der Waals surface area contributed by atoms with Crippen LogP contribution in [0.15, 0.2) is 29.2 Å². The molecule has 1 aliphatic rings. The highest BCUT2D eigenvalue weighted by Gasteiger charge is 2.33. The van der Waals surface area contributed by atoms with Gasteiger partial charge in [-0.3, -0.25) is 0 Å². The fraction of sp³-hybridized carbons (Fsp3) is 0.727. The van der Waals surface area contributed by atoms with Crippen LogP contribution in [0.5, 0.6) is 0 Å². The van der Waals surface area contributed by atoms with E-state index >= 15 is 0 Å². The highest BCUT2D eigenvalue weighted by Crippen LogP contribution is 2.26. The van der Waals surface area contributed by atoms with Crippen LogP contribution < -0.4 is 0 Å². The topological polar surface area (TPSA) is 82.1 Å². The number of ether oxygens (including phenoxy) is 2. The highest BCUT2D eigenvalue weighted by atomic mass is 32.2. The van der Waals surface area contributed by atoms with Gasteiger partial charge in [-0.05, 0) is 51.7 Å². The maximum atomic E-state index is 12.6. The van der Waals surface area contributed by atoms with Crippen molar-refractivity contribution in [2.75, 3.05) is 13.2 Å². The SMILES string of the molecule is CCCCCCC(C)(O)CCCC1OCCOC1OS(=O)(=O)c1ccc(C)cc1. The molecular formula is C22H36O6S. The van der Waals surface area contributed by atoms with Gasteiger partial charge in [0.1, 0.15) is 6.10 Å². The third-order valence-corrected chi connectivity index (χ3v) is 6.60. The summed E-state index contributed by atoms with van der Waals surface area (Å²) in [6.45, 7) is 6.63. The summed E-state index contributed by atoms with van der Waals surface area (Å²) in [6.07, 6.45) is 5.77. The Labute approximate surface area is 175 Å². The molecule has 1 heterocycles. The Morgan fingerprint density at radius 1 is 1.07 bits per heavy atom. The molecule has 7 heteroatoms. The van der Waals surface area contributed by atoms with Crippen molar-refractivity contribution in [2.24, 2.45) is 0 Å². The Morgan fingerprint density at radius 3 is 2.41 bits per heavy atom. The zero-order valence-electron chi connectivity index (χ0n) is 17.9. The second-order valence-electron chi connectivity index (χ2n) is 8.21. The highest BCUT2D eigenvalue weighted by molar-refractivity contribution is 7.86. The maximum Gasteiger partial charge on any atom is 0.299 e. The molecule has 0 bridgehead atoms. The smallest absolute Gasteiger partial charge is 0.299 e. The van der Waals surface area contributed by atoms with E-state index < -0.39 is 28.1 Å². The van der Waals surface area contributed by atoms with Crippen molar-refractivity contribution >= 4 is 10.1 Å². The molecular weight excluding hydrogens is 392 g/mol. The summed E-state index contributed by atoms with van der Waals surface area (Å²) in [5, 5.41) is 10.6. The molecule has 1 N–H and O–H groups in total. The Balaban J connectivity index is 1.86. The lowest BCUT2D eigenvalue weighted by Crippen LogP contribution is -2.41. The van der Waals surface area contributed by atoms with Gasteiger partial charge in [-0.2, -0.15) is 8.42 Å². The van der Waals surface area contributed by atoms with E-state index in [9.17, 15) is 13.5 Å².